The molecule has 0 heterocycles. The van der Waals surface area contributed by atoms with Gasteiger partial charge in [0.2, 0.25) is 0 Å². The highest BCUT2D eigenvalue weighted by atomic mass is 16.5. The van der Waals surface area contributed by atoms with Crippen LogP contribution in [0.25, 0.3) is 0 Å². The average molecular weight is 196 g/mol. The lowest BCUT2D eigenvalue weighted by Crippen LogP contribution is -2.36. The van der Waals surface area contributed by atoms with Crippen molar-refractivity contribution in [1.82, 2.24) is 0 Å². The van der Waals surface area contributed by atoms with Gasteiger partial charge in [0.25, 0.3) is 0 Å². The molecule has 2 saturated carbocycles. The Balaban J connectivity index is 2.31. The fraction of sp³-hybridized carbons (Fsp3) is 0.917. The van der Waals surface area contributed by atoms with Crippen molar-refractivity contribution in [1.29, 1.82) is 0 Å². The Hall–Kier alpha value is -0.530. The van der Waals surface area contributed by atoms with E-state index in [2.05, 4.69) is 20.8 Å². The fourth-order valence-electron chi connectivity index (χ4n) is 4.01. The van der Waals surface area contributed by atoms with Gasteiger partial charge in [-0.15, -0.1) is 0 Å². The molecule has 0 spiro atoms. The first-order valence-electron chi connectivity index (χ1n) is 5.51. The lowest BCUT2D eigenvalue weighted by atomic mass is 9.71. The van der Waals surface area contributed by atoms with Crippen molar-refractivity contribution in [3.63, 3.8) is 0 Å². The van der Waals surface area contributed by atoms with E-state index in [0.717, 1.165) is 12.3 Å². The Morgan fingerprint density at radius 2 is 1.93 bits per heavy atom. The molecule has 2 aliphatic carbocycles. The Morgan fingerprint density at radius 3 is 2.29 bits per heavy atom. The van der Waals surface area contributed by atoms with Gasteiger partial charge >= 0.3 is 5.97 Å². The second-order valence-electron chi connectivity index (χ2n) is 5.76. The molecule has 0 N–H and O–H groups in total. The van der Waals surface area contributed by atoms with Crippen LogP contribution >= 0.6 is 0 Å². The fourth-order valence-corrected chi connectivity index (χ4v) is 4.01. The summed E-state index contributed by atoms with van der Waals surface area (Å²) in [6.45, 7) is 6.71. The highest BCUT2D eigenvalue weighted by Crippen LogP contribution is 2.65. The van der Waals surface area contributed by atoms with Gasteiger partial charge in [-0.2, -0.15) is 0 Å². The number of hydrogen-bond acceptors (Lipinski definition) is 2. The summed E-state index contributed by atoms with van der Waals surface area (Å²) in [5.74, 6) is 1.24. The summed E-state index contributed by atoms with van der Waals surface area (Å²) < 4.78 is 4.94. The van der Waals surface area contributed by atoms with Crippen molar-refractivity contribution >= 4 is 5.97 Å². The van der Waals surface area contributed by atoms with E-state index in [4.69, 9.17) is 4.74 Å². The first-order valence-corrected chi connectivity index (χ1v) is 5.51. The highest BCUT2D eigenvalue weighted by molar-refractivity contribution is 5.77. The van der Waals surface area contributed by atoms with Crippen LogP contribution in [-0.2, 0) is 9.53 Å². The third-order valence-corrected chi connectivity index (χ3v) is 4.85. The molecule has 0 radical (unpaired) electrons. The van der Waals surface area contributed by atoms with Crippen LogP contribution in [0.4, 0.5) is 0 Å². The zero-order valence-electron chi connectivity index (χ0n) is 9.59. The van der Waals surface area contributed by atoms with Crippen LogP contribution in [0, 0.1) is 22.7 Å². The number of esters is 1. The van der Waals surface area contributed by atoms with Crippen LogP contribution in [-0.4, -0.2) is 13.1 Å². The van der Waals surface area contributed by atoms with E-state index in [0.29, 0.717) is 11.3 Å². The normalized spacial score (nSPS) is 44.0. The molecule has 2 aliphatic rings. The largest absolute Gasteiger partial charge is 0.469 e. The Morgan fingerprint density at radius 1 is 1.29 bits per heavy atom. The number of hydrogen-bond donors (Lipinski definition) is 0. The number of methoxy groups -OCH3 is 1. The maximum Gasteiger partial charge on any atom is 0.311 e. The lowest BCUT2D eigenvalue weighted by molar-refractivity contribution is -0.155. The van der Waals surface area contributed by atoms with Gasteiger partial charge < -0.3 is 4.74 Å². The maximum atomic E-state index is 11.8. The maximum absolute atomic E-state index is 11.8. The SMILES string of the molecule is COC(=O)[C@]1(C)C[C@@H]2CC[C@H]1C2(C)C. The average Bonchev–Trinajstić information content (AvgIpc) is 2.51. The topological polar surface area (TPSA) is 26.3 Å². The Kier molecular flexibility index (Phi) is 1.96. The molecule has 0 unspecified atom stereocenters. The standard InChI is InChI=1S/C12H20O2/c1-11(2)8-5-6-9(11)12(3,7-8)10(13)14-4/h8-9H,5-7H2,1-4H3/t8-,9-,12+/m0/s1. The van der Waals surface area contributed by atoms with Crippen LogP contribution < -0.4 is 0 Å². The number of carbonyl (C=O) groups excluding carboxylic acids is 1. The number of ether oxygens (including phenoxy) is 1. The predicted octanol–water partition coefficient (Wildman–Crippen LogP) is 2.62. The molecule has 0 aromatic rings. The van der Waals surface area contributed by atoms with E-state index in [1.807, 2.05) is 0 Å². The summed E-state index contributed by atoms with van der Waals surface area (Å²) in [6.07, 6.45) is 3.52. The van der Waals surface area contributed by atoms with Crippen molar-refractivity contribution in [3.05, 3.63) is 0 Å². The third-order valence-electron chi connectivity index (χ3n) is 4.85. The van der Waals surface area contributed by atoms with Crippen molar-refractivity contribution < 1.29 is 9.53 Å². The molecule has 0 aromatic carbocycles. The van der Waals surface area contributed by atoms with Gasteiger partial charge in [0.1, 0.15) is 0 Å². The molecule has 14 heavy (non-hydrogen) atoms. The van der Waals surface area contributed by atoms with E-state index in [1.165, 1.54) is 20.0 Å². The summed E-state index contributed by atoms with van der Waals surface area (Å²) in [5.41, 5.74) is 0.129. The molecule has 2 bridgehead atoms. The van der Waals surface area contributed by atoms with Gasteiger partial charge in [0.05, 0.1) is 12.5 Å². The third kappa shape index (κ3) is 0.999. The molecule has 0 aliphatic heterocycles. The van der Waals surface area contributed by atoms with Gasteiger partial charge in [-0.05, 0) is 43.4 Å². The summed E-state index contributed by atoms with van der Waals surface area (Å²) >= 11 is 0. The molecule has 80 valence electrons. The van der Waals surface area contributed by atoms with Gasteiger partial charge in [-0.25, -0.2) is 0 Å². The van der Waals surface area contributed by atoms with E-state index >= 15 is 0 Å². The minimum Gasteiger partial charge on any atom is -0.469 e. The van der Waals surface area contributed by atoms with Crippen molar-refractivity contribution in [2.24, 2.45) is 22.7 Å². The van der Waals surface area contributed by atoms with Crippen molar-refractivity contribution in [2.75, 3.05) is 7.11 Å². The quantitative estimate of drug-likeness (QED) is 0.603. The number of rotatable bonds is 1. The van der Waals surface area contributed by atoms with Crippen LogP contribution in [0.1, 0.15) is 40.0 Å². The summed E-state index contributed by atoms with van der Waals surface area (Å²) in [6, 6.07) is 0. The first kappa shape index (κ1) is 10.0. The Labute approximate surface area is 86.0 Å². The van der Waals surface area contributed by atoms with Crippen LogP contribution in [0.3, 0.4) is 0 Å². The molecule has 2 rings (SSSR count). The molecular formula is C12H20O2. The molecule has 2 nitrogen and oxygen atoms in total. The minimum atomic E-state index is -0.207. The Bertz CT molecular complexity index is 269. The van der Waals surface area contributed by atoms with Crippen molar-refractivity contribution in [2.45, 2.75) is 40.0 Å². The molecule has 0 aromatic heterocycles. The van der Waals surface area contributed by atoms with Gasteiger partial charge in [0.15, 0.2) is 0 Å². The highest BCUT2D eigenvalue weighted by Gasteiger charge is 2.62. The van der Waals surface area contributed by atoms with E-state index < -0.39 is 0 Å². The van der Waals surface area contributed by atoms with Gasteiger partial charge in [-0.3, -0.25) is 4.79 Å². The van der Waals surface area contributed by atoms with Crippen LogP contribution in [0.2, 0.25) is 0 Å². The smallest absolute Gasteiger partial charge is 0.311 e. The second kappa shape index (κ2) is 2.74. The minimum absolute atomic E-state index is 0.00206. The summed E-state index contributed by atoms with van der Waals surface area (Å²) in [7, 11) is 1.51. The molecule has 0 amide bonds. The lowest BCUT2D eigenvalue weighted by Gasteiger charge is -2.33. The van der Waals surface area contributed by atoms with E-state index in [-0.39, 0.29) is 11.4 Å². The molecular weight excluding hydrogens is 176 g/mol. The summed E-state index contributed by atoms with van der Waals surface area (Å²) in [4.78, 5) is 11.8. The molecule has 0 saturated heterocycles. The van der Waals surface area contributed by atoms with Crippen LogP contribution in [0.5, 0.6) is 0 Å². The zero-order valence-corrected chi connectivity index (χ0v) is 9.59. The van der Waals surface area contributed by atoms with Crippen LogP contribution in [0.15, 0.2) is 0 Å². The van der Waals surface area contributed by atoms with Crippen molar-refractivity contribution in [3.8, 4) is 0 Å². The predicted molar refractivity (Wildman–Crippen MR) is 54.7 cm³/mol. The molecule has 2 heteroatoms. The molecule has 3 atom stereocenters. The second-order valence-corrected chi connectivity index (χ2v) is 5.76. The van der Waals surface area contributed by atoms with Gasteiger partial charge in [0, 0.05) is 0 Å². The number of fused-ring (bicyclic) bond motifs is 2. The molecule has 2 fully saturated rings. The zero-order chi connectivity index (χ0) is 10.6. The number of carbonyl (C=O) groups is 1. The van der Waals surface area contributed by atoms with E-state index in [9.17, 15) is 4.79 Å². The van der Waals surface area contributed by atoms with E-state index in [1.54, 1.807) is 0 Å². The van der Waals surface area contributed by atoms with Gasteiger partial charge in [-0.1, -0.05) is 13.8 Å². The summed E-state index contributed by atoms with van der Waals surface area (Å²) in [5, 5.41) is 0. The monoisotopic (exact) mass is 196 g/mol. The first-order chi connectivity index (χ1) is 6.43.